The van der Waals surface area contributed by atoms with Crippen LogP contribution in [0.4, 0.5) is 0 Å². The molecule has 1 aliphatic heterocycles. The van der Waals surface area contributed by atoms with Crippen molar-refractivity contribution in [1.29, 1.82) is 0 Å². The molecule has 90 valence electrons. The van der Waals surface area contributed by atoms with Crippen molar-refractivity contribution >= 4 is 0 Å². The zero-order valence-electron chi connectivity index (χ0n) is 10.6. The lowest BCUT2D eigenvalue weighted by Crippen LogP contribution is -2.45. The normalized spacial score (nSPS) is 24.0. The van der Waals surface area contributed by atoms with E-state index < -0.39 is 0 Å². The maximum Gasteiger partial charge on any atom is 0.0615 e. The maximum atomic E-state index is 5.20. The third kappa shape index (κ3) is 3.74. The molecule has 15 heavy (non-hydrogen) atoms. The van der Waals surface area contributed by atoms with E-state index in [4.69, 9.17) is 4.74 Å². The van der Waals surface area contributed by atoms with Crippen LogP contribution < -0.4 is 5.32 Å². The molecule has 1 aliphatic rings. The van der Waals surface area contributed by atoms with Crippen molar-refractivity contribution in [2.45, 2.75) is 38.8 Å². The fourth-order valence-electron chi connectivity index (χ4n) is 2.44. The number of piperidine rings is 1. The summed E-state index contributed by atoms with van der Waals surface area (Å²) < 4.78 is 5.20. The molecule has 0 bridgehead atoms. The number of rotatable bonds is 5. The summed E-state index contributed by atoms with van der Waals surface area (Å²) in [5.41, 5.74) is 0. The molecule has 2 unspecified atom stereocenters. The molecule has 1 heterocycles. The summed E-state index contributed by atoms with van der Waals surface area (Å²) in [7, 11) is 3.84. The molecule has 3 nitrogen and oxygen atoms in total. The molecule has 0 aliphatic carbocycles. The minimum absolute atomic E-state index is 0.570. The van der Waals surface area contributed by atoms with E-state index in [-0.39, 0.29) is 0 Å². The van der Waals surface area contributed by atoms with Crippen molar-refractivity contribution in [3.63, 3.8) is 0 Å². The van der Waals surface area contributed by atoms with Gasteiger partial charge >= 0.3 is 0 Å². The van der Waals surface area contributed by atoms with Crippen molar-refractivity contribution in [1.82, 2.24) is 10.2 Å². The Hall–Kier alpha value is -0.120. The molecule has 0 saturated carbocycles. The number of hydrogen-bond acceptors (Lipinski definition) is 3. The van der Waals surface area contributed by atoms with Crippen LogP contribution in [0.15, 0.2) is 0 Å². The molecule has 0 aromatic carbocycles. The molecule has 1 saturated heterocycles. The van der Waals surface area contributed by atoms with Crippen LogP contribution >= 0.6 is 0 Å². The molecule has 0 amide bonds. The Morgan fingerprint density at radius 3 is 2.40 bits per heavy atom. The van der Waals surface area contributed by atoms with Gasteiger partial charge in [-0.15, -0.1) is 0 Å². The van der Waals surface area contributed by atoms with Gasteiger partial charge in [0.25, 0.3) is 0 Å². The zero-order chi connectivity index (χ0) is 11.3. The van der Waals surface area contributed by atoms with Gasteiger partial charge in [-0.05, 0) is 52.7 Å². The molecule has 1 N–H and O–H groups in total. The van der Waals surface area contributed by atoms with Gasteiger partial charge in [0, 0.05) is 19.2 Å². The lowest BCUT2D eigenvalue weighted by molar-refractivity contribution is 0.0687. The SMILES string of the molecule is CNC(C)C1CCN(C(C)COC)CC1. The van der Waals surface area contributed by atoms with Gasteiger partial charge in [0.05, 0.1) is 6.61 Å². The van der Waals surface area contributed by atoms with Gasteiger partial charge in [0.15, 0.2) is 0 Å². The van der Waals surface area contributed by atoms with E-state index in [1.165, 1.54) is 25.9 Å². The predicted octanol–water partition coefficient (Wildman–Crippen LogP) is 1.34. The average molecular weight is 214 g/mol. The van der Waals surface area contributed by atoms with E-state index in [1.807, 2.05) is 0 Å². The Morgan fingerprint density at radius 1 is 1.33 bits per heavy atom. The second-order valence-electron chi connectivity index (χ2n) is 4.76. The minimum Gasteiger partial charge on any atom is -0.383 e. The van der Waals surface area contributed by atoms with Crippen molar-refractivity contribution in [3.05, 3.63) is 0 Å². The van der Waals surface area contributed by atoms with E-state index in [0.29, 0.717) is 12.1 Å². The van der Waals surface area contributed by atoms with Gasteiger partial charge in [0.1, 0.15) is 0 Å². The van der Waals surface area contributed by atoms with E-state index >= 15 is 0 Å². The molecule has 1 rings (SSSR count). The fourth-order valence-corrected chi connectivity index (χ4v) is 2.44. The molecule has 1 fully saturated rings. The first-order chi connectivity index (χ1) is 7.19. The number of ether oxygens (including phenoxy) is 1. The third-order valence-electron chi connectivity index (χ3n) is 3.77. The van der Waals surface area contributed by atoms with Crippen molar-refractivity contribution < 1.29 is 4.74 Å². The summed E-state index contributed by atoms with van der Waals surface area (Å²) in [5, 5.41) is 3.36. The van der Waals surface area contributed by atoms with E-state index in [1.54, 1.807) is 7.11 Å². The summed E-state index contributed by atoms with van der Waals surface area (Å²) in [6.07, 6.45) is 2.63. The quantitative estimate of drug-likeness (QED) is 0.747. The number of nitrogens with zero attached hydrogens (tertiary/aromatic N) is 1. The van der Waals surface area contributed by atoms with E-state index in [2.05, 4.69) is 31.1 Å². The molecular formula is C12H26N2O. The van der Waals surface area contributed by atoms with Crippen LogP contribution in [0.5, 0.6) is 0 Å². The number of likely N-dealkylation sites (tertiary alicyclic amines) is 1. The summed E-state index contributed by atoms with van der Waals surface area (Å²) >= 11 is 0. The van der Waals surface area contributed by atoms with E-state index in [9.17, 15) is 0 Å². The monoisotopic (exact) mass is 214 g/mol. The first-order valence-electron chi connectivity index (χ1n) is 6.09. The predicted molar refractivity (Wildman–Crippen MR) is 64.2 cm³/mol. The Labute approximate surface area is 94.2 Å². The van der Waals surface area contributed by atoms with Gasteiger partial charge in [-0.1, -0.05) is 0 Å². The topological polar surface area (TPSA) is 24.5 Å². The lowest BCUT2D eigenvalue weighted by atomic mass is 9.90. The molecular weight excluding hydrogens is 188 g/mol. The Balaban J connectivity index is 2.29. The Kier molecular flexibility index (Phi) is 5.58. The van der Waals surface area contributed by atoms with Crippen LogP contribution in [0.2, 0.25) is 0 Å². The van der Waals surface area contributed by atoms with Crippen molar-refractivity contribution in [3.8, 4) is 0 Å². The highest BCUT2D eigenvalue weighted by Crippen LogP contribution is 2.21. The summed E-state index contributed by atoms with van der Waals surface area (Å²) in [6.45, 7) is 7.85. The first kappa shape index (κ1) is 12.9. The Bertz CT molecular complexity index is 167. The number of methoxy groups -OCH3 is 1. The largest absolute Gasteiger partial charge is 0.383 e. The van der Waals surface area contributed by atoms with Gasteiger partial charge in [-0.25, -0.2) is 0 Å². The fraction of sp³-hybridized carbons (Fsp3) is 1.00. The van der Waals surface area contributed by atoms with Gasteiger partial charge in [-0.3, -0.25) is 4.90 Å². The second-order valence-corrected chi connectivity index (χ2v) is 4.76. The second kappa shape index (κ2) is 6.46. The summed E-state index contributed by atoms with van der Waals surface area (Å²) in [6, 6.07) is 1.23. The maximum absolute atomic E-state index is 5.20. The standard InChI is InChI=1S/C12H26N2O/c1-10(9-15-4)14-7-5-12(6-8-14)11(2)13-3/h10-13H,5-9H2,1-4H3. The average Bonchev–Trinajstić information content (AvgIpc) is 2.28. The lowest BCUT2D eigenvalue weighted by Gasteiger charge is -2.37. The molecule has 0 spiro atoms. The minimum atomic E-state index is 0.570. The molecule has 0 radical (unpaired) electrons. The van der Waals surface area contributed by atoms with Crippen LogP contribution in [0.25, 0.3) is 0 Å². The van der Waals surface area contributed by atoms with Crippen LogP contribution in [0.1, 0.15) is 26.7 Å². The van der Waals surface area contributed by atoms with E-state index in [0.717, 1.165) is 12.5 Å². The highest BCUT2D eigenvalue weighted by Gasteiger charge is 2.25. The summed E-state index contributed by atoms with van der Waals surface area (Å²) in [5.74, 6) is 0.848. The molecule has 0 aromatic heterocycles. The van der Waals surface area contributed by atoms with Gasteiger partial charge in [0.2, 0.25) is 0 Å². The number of hydrogen-bond donors (Lipinski definition) is 1. The van der Waals surface area contributed by atoms with Gasteiger partial charge in [-0.2, -0.15) is 0 Å². The molecule has 3 heteroatoms. The van der Waals surface area contributed by atoms with Crippen LogP contribution in [0, 0.1) is 5.92 Å². The van der Waals surface area contributed by atoms with Crippen LogP contribution in [0.3, 0.4) is 0 Å². The third-order valence-corrected chi connectivity index (χ3v) is 3.77. The highest BCUT2D eigenvalue weighted by atomic mass is 16.5. The first-order valence-corrected chi connectivity index (χ1v) is 6.09. The number of nitrogens with one attached hydrogen (secondary N) is 1. The highest BCUT2D eigenvalue weighted by molar-refractivity contribution is 4.80. The van der Waals surface area contributed by atoms with Crippen LogP contribution in [-0.2, 0) is 4.74 Å². The Morgan fingerprint density at radius 2 is 1.93 bits per heavy atom. The molecule has 0 aromatic rings. The van der Waals surface area contributed by atoms with Crippen molar-refractivity contribution in [2.75, 3.05) is 33.9 Å². The molecule has 2 atom stereocenters. The van der Waals surface area contributed by atoms with Crippen molar-refractivity contribution in [2.24, 2.45) is 5.92 Å². The smallest absolute Gasteiger partial charge is 0.0615 e. The zero-order valence-corrected chi connectivity index (χ0v) is 10.6. The van der Waals surface area contributed by atoms with Crippen LogP contribution in [-0.4, -0.2) is 50.8 Å². The summed E-state index contributed by atoms with van der Waals surface area (Å²) in [4.78, 5) is 2.54. The van der Waals surface area contributed by atoms with Gasteiger partial charge < -0.3 is 10.1 Å².